The molecule has 1 aromatic carbocycles. The van der Waals surface area contributed by atoms with E-state index in [2.05, 4.69) is 10.4 Å². The third kappa shape index (κ3) is 4.38. The normalized spacial score (nSPS) is 20.9. The Morgan fingerprint density at radius 3 is 2.56 bits per heavy atom. The van der Waals surface area contributed by atoms with Gasteiger partial charge in [0.2, 0.25) is 5.91 Å². The van der Waals surface area contributed by atoms with Gasteiger partial charge in [-0.3, -0.25) is 19.2 Å². The Balaban J connectivity index is 1.76. The number of ether oxygens (including phenoxy) is 2. The molecule has 2 heterocycles. The molecule has 0 bridgehead atoms. The van der Waals surface area contributed by atoms with Crippen LogP contribution in [0.5, 0.6) is 5.75 Å². The molecule has 9 nitrogen and oxygen atoms in total. The van der Waals surface area contributed by atoms with Crippen LogP contribution in [-0.4, -0.2) is 52.9 Å². The van der Waals surface area contributed by atoms with Gasteiger partial charge in [0.1, 0.15) is 17.0 Å². The summed E-state index contributed by atoms with van der Waals surface area (Å²) >= 11 is 0. The first kappa shape index (κ1) is 23.8. The number of carbonyl (C=O) groups excluding carboxylic acids is 3. The van der Waals surface area contributed by atoms with Crippen LogP contribution in [0.3, 0.4) is 0 Å². The highest BCUT2D eigenvalue weighted by molar-refractivity contribution is 6.13. The lowest BCUT2D eigenvalue weighted by atomic mass is 9.93. The van der Waals surface area contributed by atoms with Crippen LogP contribution >= 0.6 is 0 Å². The van der Waals surface area contributed by atoms with Gasteiger partial charge in [-0.25, -0.2) is 4.79 Å². The number of nitrogens with zero attached hydrogens (tertiary/aromatic N) is 3. The van der Waals surface area contributed by atoms with Crippen molar-refractivity contribution in [2.45, 2.75) is 70.5 Å². The second-order valence-electron chi connectivity index (χ2n) is 9.04. The zero-order valence-electron chi connectivity index (χ0n) is 20.0. The van der Waals surface area contributed by atoms with Crippen molar-refractivity contribution >= 4 is 23.5 Å². The number of para-hydroxylation sites is 2. The molecule has 1 atom stereocenters. The quantitative estimate of drug-likeness (QED) is 0.515. The Morgan fingerprint density at radius 2 is 1.88 bits per heavy atom. The summed E-state index contributed by atoms with van der Waals surface area (Å²) in [7, 11) is 1.53. The average molecular weight is 469 g/mol. The third-order valence-corrected chi connectivity index (χ3v) is 6.64. The summed E-state index contributed by atoms with van der Waals surface area (Å²) in [5.74, 6) is -0.816. The van der Waals surface area contributed by atoms with E-state index in [4.69, 9.17) is 9.47 Å². The van der Waals surface area contributed by atoms with E-state index in [1.807, 2.05) is 6.07 Å². The number of nitrogens with one attached hydrogen (secondary N) is 1. The number of hydrogen-bond acceptors (Lipinski definition) is 6. The fourth-order valence-electron chi connectivity index (χ4n) is 4.84. The Morgan fingerprint density at radius 1 is 1.18 bits per heavy atom. The van der Waals surface area contributed by atoms with Crippen molar-refractivity contribution in [3.8, 4) is 5.75 Å². The van der Waals surface area contributed by atoms with Crippen molar-refractivity contribution in [3.63, 3.8) is 0 Å². The number of amides is 2. The smallest absolute Gasteiger partial charge is 0.358 e. The van der Waals surface area contributed by atoms with E-state index in [1.54, 1.807) is 32.0 Å². The molecule has 1 fully saturated rings. The van der Waals surface area contributed by atoms with Crippen molar-refractivity contribution in [1.82, 2.24) is 15.1 Å². The monoisotopic (exact) mass is 468 g/mol. The van der Waals surface area contributed by atoms with Gasteiger partial charge < -0.3 is 14.8 Å². The number of benzene rings is 1. The molecule has 4 rings (SSSR count). The van der Waals surface area contributed by atoms with Crippen LogP contribution in [0.4, 0.5) is 5.69 Å². The Hall–Kier alpha value is -3.36. The second-order valence-corrected chi connectivity index (χ2v) is 9.04. The van der Waals surface area contributed by atoms with Gasteiger partial charge >= 0.3 is 5.97 Å². The van der Waals surface area contributed by atoms with Gasteiger partial charge in [0, 0.05) is 12.1 Å². The standard InChI is InChI=1S/C25H32N4O5/c1-4-34-23(31)18-15-20-22(30)29(19-13-9-10-14-21(19)33-3)25(2,16-28(20)27-18)24(32)26-17-11-7-5-6-8-12-17/h9-10,13-15,17H,4-8,11-12,16H2,1-3H3,(H,26,32)/t25-/m1/s1. The Labute approximate surface area is 199 Å². The SMILES string of the molecule is CCOC(=O)c1cc2n(n1)C[C@](C)(C(=O)NC1CCCCCC1)N(c1ccccc1OC)C2=O. The van der Waals surface area contributed by atoms with Gasteiger partial charge in [-0.1, -0.05) is 37.8 Å². The minimum atomic E-state index is -1.29. The summed E-state index contributed by atoms with van der Waals surface area (Å²) < 4.78 is 12.0. The third-order valence-electron chi connectivity index (χ3n) is 6.64. The number of fused-ring (bicyclic) bond motifs is 1. The number of methoxy groups -OCH3 is 1. The maximum atomic E-state index is 13.8. The summed E-state index contributed by atoms with van der Waals surface area (Å²) in [5, 5.41) is 7.51. The summed E-state index contributed by atoms with van der Waals surface area (Å²) in [5.41, 5.74) is -0.547. The molecule has 1 aliphatic carbocycles. The molecule has 0 radical (unpaired) electrons. The maximum Gasteiger partial charge on any atom is 0.358 e. The second kappa shape index (κ2) is 9.87. The lowest BCUT2D eigenvalue weighted by molar-refractivity contribution is -0.127. The molecular weight excluding hydrogens is 436 g/mol. The molecule has 2 amide bonds. The molecule has 0 unspecified atom stereocenters. The highest BCUT2D eigenvalue weighted by Crippen LogP contribution is 2.38. The number of anilines is 1. The minimum absolute atomic E-state index is 0.0404. The van der Waals surface area contributed by atoms with E-state index < -0.39 is 17.4 Å². The number of carbonyl (C=O) groups is 3. The number of esters is 1. The topological polar surface area (TPSA) is 103 Å². The molecular formula is C25H32N4O5. The van der Waals surface area contributed by atoms with Crippen molar-refractivity contribution < 1.29 is 23.9 Å². The van der Waals surface area contributed by atoms with E-state index >= 15 is 0 Å². The largest absolute Gasteiger partial charge is 0.495 e. The number of hydrogen-bond donors (Lipinski definition) is 1. The Bertz CT molecular complexity index is 1070. The fourth-order valence-corrected chi connectivity index (χ4v) is 4.84. The highest BCUT2D eigenvalue weighted by Gasteiger charge is 2.50. The van der Waals surface area contributed by atoms with Crippen LogP contribution in [0.25, 0.3) is 0 Å². The predicted octanol–water partition coefficient (Wildman–Crippen LogP) is 3.33. The van der Waals surface area contributed by atoms with Gasteiger partial charge in [0.15, 0.2) is 5.69 Å². The summed E-state index contributed by atoms with van der Waals surface area (Å²) in [6, 6.07) is 8.60. The van der Waals surface area contributed by atoms with Gasteiger partial charge in [-0.15, -0.1) is 0 Å². The zero-order chi connectivity index (χ0) is 24.3. The summed E-state index contributed by atoms with van der Waals surface area (Å²) in [4.78, 5) is 41.4. The van der Waals surface area contributed by atoms with Gasteiger partial charge in [0.05, 0.1) is 25.9 Å². The van der Waals surface area contributed by atoms with Gasteiger partial charge in [-0.2, -0.15) is 5.10 Å². The molecule has 0 saturated heterocycles. The maximum absolute atomic E-state index is 13.8. The van der Waals surface area contributed by atoms with Crippen LogP contribution in [-0.2, 0) is 16.1 Å². The highest BCUT2D eigenvalue weighted by atomic mass is 16.5. The van der Waals surface area contributed by atoms with Gasteiger partial charge in [0.25, 0.3) is 5.91 Å². The van der Waals surface area contributed by atoms with E-state index in [9.17, 15) is 14.4 Å². The molecule has 0 spiro atoms. The van der Waals surface area contributed by atoms with Crippen molar-refractivity contribution in [1.29, 1.82) is 0 Å². The average Bonchev–Trinajstić information content (AvgIpc) is 3.08. The van der Waals surface area contributed by atoms with Crippen LogP contribution in [0, 0.1) is 0 Å². The first-order valence-electron chi connectivity index (χ1n) is 11.9. The van der Waals surface area contributed by atoms with Crippen molar-refractivity contribution in [2.75, 3.05) is 18.6 Å². The minimum Gasteiger partial charge on any atom is -0.495 e. The van der Waals surface area contributed by atoms with E-state index in [1.165, 1.54) is 35.6 Å². The van der Waals surface area contributed by atoms with Crippen LogP contribution in [0.1, 0.15) is 73.3 Å². The van der Waals surface area contributed by atoms with E-state index in [-0.39, 0.29) is 36.5 Å². The zero-order valence-corrected chi connectivity index (χ0v) is 20.0. The molecule has 9 heteroatoms. The predicted molar refractivity (Wildman–Crippen MR) is 126 cm³/mol. The molecule has 1 N–H and O–H groups in total. The van der Waals surface area contributed by atoms with Gasteiger partial charge in [-0.05, 0) is 38.8 Å². The van der Waals surface area contributed by atoms with Crippen LogP contribution < -0.4 is 15.0 Å². The fraction of sp³-hybridized carbons (Fsp3) is 0.520. The summed E-state index contributed by atoms with van der Waals surface area (Å²) in [6.07, 6.45) is 6.33. The number of aromatic nitrogens is 2. The molecule has 34 heavy (non-hydrogen) atoms. The molecule has 1 aliphatic heterocycles. The van der Waals surface area contributed by atoms with Crippen LogP contribution in [0.2, 0.25) is 0 Å². The lowest BCUT2D eigenvalue weighted by Crippen LogP contribution is -2.65. The van der Waals surface area contributed by atoms with Crippen molar-refractivity contribution in [3.05, 3.63) is 41.7 Å². The lowest BCUT2D eigenvalue weighted by Gasteiger charge is -2.44. The molecule has 1 saturated carbocycles. The van der Waals surface area contributed by atoms with Crippen molar-refractivity contribution in [2.24, 2.45) is 0 Å². The first-order valence-corrected chi connectivity index (χ1v) is 11.9. The number of rotatable bonds is 6. The molecule has 2 aliphatic rings. The molecule has 1 aromatic heterocycles. The first-order chi connectivity index (χ1) is 16.4. The Kier molecular flexibility index (Phi) is 6.90. The van der Waals surface area contributed by atoms with E-state index in [0.717, 1.165) is 25.7 Å². The van der Waals surface area contributed by atoms with Crippen LogP contribution in [0.15, 0.2) is 30.3 Å². The molecule has 182 valence electrons. The molecule has 2 aromatic rings. The van der Waals surface area contributed by atoms with E-state index in [0.29, 0.717) is 11.4 Å². The summed E-state index contributed by atoms with van der Waals surface area (Å²) in [6.45, 7) is 3.73.